The van der Waals surface area contributed by atoms with E-state index < -0.39 is 17.7 Å². The first-order valence-corrected chi connectivity index (χ1v) is 10.8. The van der Waals surface area contributed by atoms with Crippen LogP contribution in [0.4, 0.5) is 5.69 Å². The van der Waals surface area contributed by atoms with E-state index in [0.717, 1.165) is 5.56 Å². The highest BCUT2D eigenvalue weighted by molar-refractivity contribution is 6.44. The number of benzene rings is 3. The number of halogens is 2. The van der Waals surface area contributed by atoms with E-state index in [-0.39, 0.29) is 18.2 Å². The fourth-order valence-corrected chi connectivity index (χ4v) is 3.04. The summed E-state index contributed by atoms with van der Waals surface area (Å²) in [5.74, 6) is -1.71. The Hall–Kier alpha value is -3.88. The molecule has 0 spiro atoms. The summed E-state index contributed by atoms with van der Waals surface area (Å²) in [5, 5.41) is 9.48. The molecule has 0 unspecified atom stereocenters. The van der Waals surface area contributed by atoms with Crippen molar-refractivity contribution >= 4 is 52.8 Å². The van der Waals surface area contributed by atoms with Crippen LogP contribution in [0.3, 0.4) is 0 Å². The molecular formula is C24H20Cl2N4O4. The number of nitrogens with one attached hydrogen (secondary N) is 3. The number of anilines is 1. The van der Waals surface area contributed by atoms with Crippen molar-refractivity contribution in [3.05, 3.63) is 94.0 Å². The van der Waals surface area contributed by atoms with Gasteiger partial charge >= 0.3 is 11.8 Å². The molecule has 3 aromatic carbocycles. The van der Waals surface area contributed by atoms with Crippen LogP contribution in [-0.4, -0.2) is 30.5 Å². The van der Waals surface area contributed by atoms with Gasteiger partial charge in [-0.2, -0.15) is 5.10 Å². The van der Waals surface area contributed by atoms with Gasteiger partial charge in [0.1, 0.15) is 5.75 Å². The molecule has 0 saturated heterocycles. The number of hydrazone groups is 1. The number of amides is 3. The fourth-order valence-electron chi connectivity index (χ4n) is 2.69. The Bertz CT molecular complexity index is 1200. The maximum Gasteiger partial charge on any atom is 0.329 e. The third kappa shape index (κ3) is 7.61. The van der Waals surface area contributed by atoms with Crippen molar-refractivity contribution in [2.75, 3.05) is 11.9 Å². The highest BCUT2D eigenvalue weighted by Gasteiger charge is 2.12. The highest BCUT2D eigenvalue weighted by atomic mass is 35.5. The fraction of sp³-hybridized carbons (Fsp3) is 0.0833. The third-order valence-corrected chi connectivity index (χ3v) is 5.15. The number of rotatable bonds is 8. The van der Waals surface area contributed by atoms with Crippen LogP contribution in [0.15, 0.2) is 77.9 Å². The lowest BCUT2D eigenvalue weighted by atomic mass is 10.2. The molecule has 0 aliphatic rings. The van der Waals surface area contributed by atoms with Crippen LogP contribution in [-0.2, 0) is 20.9 Å². The lowest BCUT2D eigenvalue weighted by Gasteiger charge is -2.09. The summed E-state index contributed by atoms with van der Waals surface area (Å²) < 4.78 is 5.49. The number of ether oxygens (including phenoxy) is 1. The average molecular weight is 499 g/mol. The third-order valence-electron chi connectivity index (χ3n) is 4.34. The summed E-state index contributed by atoms with van der Waals surface area (Å²) in [6.45, 7) is -0.0327. The first kappa shape index (κ1) is 24.8. The predicted octanol–water partition coefficient (Wildman–Crippen LogP) is 3.78. The van der Waals surface area contributed by atoms with Gasteiger partial charge in [-0.1, -0.05) is 71.7 Å². The zero-order valence-electron chi connectivity index (χ0n) is 17.8. The van der Waals surface area contributed by atoms with Crippen LogP contribution in [0, 0.1) is 0 Å². The summed E-state index contributed by atoms with van der Waals surface area (Å²) in [6, 6.07) is 20.8. The molecule has 0 aromatic heterocycles. The van der Waals surface area contributed by atoms with E-state index in [2.05, 4.69) is 21.2 Å². The monoisotopic (exact) mass is 498 g/mol. The molecule has 174 valence electrons. The molecule has 0 aliphatic carbocycles. The van der Waals surface area contributed by atoms with E-state index in [1.54, 1.807) is 42.5 Å². The molecule has 0 atom stereocenters. The summed E-state index contributed by atoms with van der Waals surface area (Å²) in [6.07, 6.45) is 1.35. The Morgan fingerprint density at radius 2 is 1.68 bits per heavy atom. The second-order valence-corrected chi connectivity index (χ2v) is 7.66. The molecule has 3 amide bonds. The number of carbonyl (C=O) groups is 3. The molecule has 34 heavy (non-hydrogen) atoms. The Morgan fingerprint density at radius 3 is 2.47 bits per heavy atom. The predicted molar refractivity (Wildman–Crippen MR) is 131 cm³/mol. The Balaban J connectivity index is 1.46. The van der Waals surface area contributed by atoms with Crippen molar-refractivity contribution in [2.45, 2.75) is 6.54 Å². The molecule has 0 saturated carbocycles. The lowest BCUT2D eigenvalue weighted by molar-refractivity contribution is -0.139. The van der Waals surface area contributed by atoms with Crippen molar-refractivity contribution in [1.29, 1.82) is 0 Å². The van der Waals surface area contributed by atoms with E-state index in [1.165, 1.54) is 6.21 Å². The maximum absolute atomic E-state index is 12.1. The second-order valence-electron chi connectivity index (χ2n) is 6.88. The molecule has 0 fully saturated rings. The van der Waals surface area contributed by atoms with Gasteiger partial charge in [-0.25, -0.2) is 5.43 Å². The average Bonchev–Trinajstić information content (AvgIpc) is 2.85. The maximum atomic E-state index is 12.1. The summed E-state index contributed by atoms with van der Waals surface area (Å²) in [4.78, 5) is 35.9. The molecule has 3 aromatic rings. The quantitative estimate of drug-likeness (QED) is 0.249. The normalized spacial score (nSPS) is 10.5. The van der Waals surface area contributed by atoms with Crippen LogP contribution in [0.25, 0.3) is 0 Å². The minimum Gasteiger partial charge on any atom is -0.484 e. The number of hydrogen-bond acceptors (Lipinski definition) is 5. The van der Waals surface area contributed by atoms with Crippen molar-refractivity contribution in [1.82, 2.24) is 10.7 Å². The van der Waals surface area contributed by atoms with Crippen LogP contribution in [0.1, 0.15) is 11.1 Å². The van der Waals surface area contributed by atoms with Gasteiger partial charge in [-0.05, 0) is 35.4 Å². The smallest absolute Gasteiger partial charge is 0.329 e. The molecule has 0 bridgehead atoms. The van der Waals surface area contributed by atoms with Gasteiger partial charge in [0.2, 0.25) is 0 Å². The Labute approximate surface area is 205 Å². The number of nitrogens with zero attached hydrogens (tertiary/aromatic N) is 1. The van der Waals surface area contributed by atoms with Gasteiger partial charge in [0, 0.05) is 6.54 Å². The summed E-state index contributed by atoms with van der Waals surface area (Å²) in [7, 11) is 0. The standard InChI is InChI=1S/C24H20Cl2N4O4/c25-19-10-5-11-20(22(19)26)29-21(31)15-34-18-9-4-8-17(12-18)14-28-30-24(33)23(32)27-13-16-6-2-1-3-7-16/h1-12,14H,13,15H2,(H,27,32)(H,29,31)(H,30,33)/b28-14-. The van der Waals surface area contributed by atoms with E-state index >= 15 is 0 Å². The Morgan fingerprint density at radius 1 is 0.912 bits per heavy atom. The first-order chi connectivity index (χ1) is 16.4. The van der Waals surface area contributed by atoms with Gasteiger partial charge in [0.15, 0.2) is 6.61 Å². The molecule has 0 radical (unpaired) electrons. The van der Waals surface area contributed by atoms with Crippen LogP contribution in [0.5, 0.6) is 5.75 Å². The van der Waals surface area contributed by atoms with Crippen molar-refractivity contribution in [3.63, 3.8) is 0 Å². The zero-order valence-corrected chi connectivity index (χ0v) is 19.3. The molecule has 0 heterocycles. The molecule has 3 rings (SSSR count). The van der Waals surface area contributed by atoms with Gasteiger partial charge in [0.05, 0.1) is 21.9 Å². The first-order valence-electron chi connectivity index (χ1n) is 10.0. The van der Waals surface area contributed by atoms with Crippen LogP contribution < -0.4 is 20.8 Å². The highest BCUT2D eigenvalue weighted by Crippen LogP contribution is 2.29. The van der Waals surface area contributed by atoms with Gasteiger partial charge in [0.25, 0.3) is 5.91 Å². The Kier molecular flexibility index (Phi) is 9.02. The van der Waals surface area contributed by atoms with E-state index in [0.29, 0.717) is 22.0 Å². The summed E-state index contributed by atoms with van der Waals surface area (Å²) in [5.41, 5.74) is 4.00. The molecule has 3 N–H and O–H groups in total. The SMILES string of the molecule is O=C(COc1cccc(/C=N\NC(=O)C(=O)NCc2ccccc2)c1)Nc1cccc(Cl)c1Cl. The largest absolute Gasteiger partial charge is 0.484 e. The lowest BCUT2D eigenvalue weighted by Crippen LogP contribution is -2.37. The number of carbonyl (C=O) groups excluding carboxylic acids is 3. The molecular weight excluding hydrogens is 479 g/mol. The van der Waals surface area contributed by atoms with Crippen molar-refractivity contribution in [2.24, 2.45) is 5.10 Å². The van der Waals surface area contributed by atoms with Gasteiger partial charge < -0.3 is 15.4 Å². The van der Waals surface area contributed by atoms with Gasteiger partial charge in [-0.15, -0.1) is 0 Å². The minimum absolute atomic E-state index is 0.229. The van der Waals surface area contributed by atoms with E-state index in [9.17, 15) is 14.4 Å². The molecule has 0 aliphatic heterocycles. The van der Waals surface area contributed by atoms with Crippen LogP contribution >= 0.6 is 23.2 Å². The van der Waals surface area contributed by atoms with Gasteiger partial charge in [-0.3, -0.25) is 14.4 Å². The summed E-state index contributed by atoms with van der Waals surface area (Å²) >= 11 is 12.0. The second kappa shape index (κ2) is 12.4. The minimum atomic E-state index is -0.893. The van der Waals surface area contributed by atoms with E-state index in [1.807, 2.05) is 30.3 Å². The zero-order chi connectivity index (χ0) is 24.3. The van der Waals surface area contributed by atoms with Crippen molar-refractivity contribution in [3.8, 4) is 5.75 Å². The molecule has 8 nitrogen and oxygen atoms in total. The topological polar surface area (TPSA) is 109 Å². The molecule has 10 heteroatoms. The van der Waals surface area contributed by atoms with E-state index in [4.69, 9.17) is 27.9 Å². The van der Waals surface area contributed by atoms with Crippen LogP contribution in [0.2, 0.25) is 10.0 Å². The number of hydrogen-bond donors (Lipinski definition) is 3. The van der Waals surface area contributed by atoms with Crippen molar-refractivity contribution < 1.29 is 19.1 Å².